The summed E-state index contributed by atoms with van der Waals surface area (Å²) in [4.78, 5) is 12.2. The Morgan fingerprint density at radius 1 is 1.33 bits per heavy atom. The van der Waals surface area contributed by atoms with Crippen LogP contribution in [0.25, 0.3) is 0 Å². The van der Waals surface area contributed by atoms with Crippen LogP contribution >= 0.6 is 12.2 Å². The predicted octanol–water partition coefficient (Wildman–Crippen LogP) is 1.75. The Hall–Kier alpha value is -0.640. The Balaban J connectivity index is 2.41. The zero-order valence-electron chi connectivity index (χ0n) is 9.29. The van der Waals surface area contributed by atoms with Crippen LogP contribution in [0.2, 0.25) is 0 Å². The van der Waals surface area contributed by atoms with Crippen molar-refractivity contribution in [1.82, 2.24) is 5.32 Å². The quantitative estimate of drug-likeness (QED) is 0.571. The molecule has 1 fully saturated rings. The van der Waals surface area contributed by atoms with E-state index in [0.29, 0.717) is 4.99 Å². The molecule has 0 aromatic heterocycles. The standard InChI is InChI=1S/C11H20N2OS/c1-8(10(12)15)13-11(14)9-6-4-2-3-5-7-9/h8-9H,2-7H2,1H3,(H2,12,15)(H,13,14). The molecule has 3 nitrogen and oxygen atoms in total. The lowest BCUT2D eigenvalue weighted by Crippen LogP contribution is -2.43. The van der Waals surface area contributed by atoms with Crippen molar-refractivity contribution < 1.29 is 4.79 Å². The molecule has 1 saturated carbocycles. The van der Waals surface area contributed by atoms with Gasteiger partial charge in [0, 0.05) is 5.92 Å². The van der Waals surface area contributed by atoms with E-state index in [4.69, 9.17) is 18.0 Å². The number of hydrogen-bond acceptors (Lipinski definition) is 2. The molecular weight excluding hydrogens is 208 g/mol. The van der Waals surface area contributed by atoms with E-state index >= 15 is 0 Å². The van der Waals surface area contributed by atoms with Crippen LogP contribution in [0.1, 0.15) is 45.4 Å². The van der Waals surface area contributed by atoms with Gasteiger partial charge in [0.1, 0.15) is 0 Å². The van der Waals surface area contributed by atoms with Crippen LogP contribution in [0, 0.1) is 5.92 Å². The molecule has 1 amide bonds. The number of rotatable bonds is 3. The summed E-state index contributed by atoms with van der Waals surface area (Å²) in [7, 11) is 0. The highest BCUT2D eigenvalue weighted by molar-refractivity contribution is 7.80. The first-order chi connectivity index (χ1) is 7.11. The zero-order valence-corrected chi connectivity index (χ0v) is 10.1. The topological polar surface area (TPSA) is 55.1 Å². The van der Waals surface area contributed by atoms with Gasteiger partial charge in [0.2, 0.25) is 5.91 Å². The molecule has 0 aromatic carbocycles. The molecule has 0 aliphatic heterocycles. The average Bonchev–Trinajstić information content (AvgIpc) is 2.45. The van der Waals surface area contributed by atoms with E-state index in [9.17, 15) is 4.79 Å². The van der Waals surface area contributed by atoms with Gasteiger partial charge in [-0.25, -0.2) is 0 Å². The van der Waals surface area contributed by atoms with E-state index in [1.807, 2.05) is 6.92 Å². The van der Waals surface area contributed by atoms with Gasteiger partial charge < -0.3 is 11.1 Å². The van der Waals surface area contributed by atoms with Crippen molar-refractivity contribution in [3.63, 3.8) is 0 Å². The van der Waals surface area contributed by atoms with Crippen molar-refractivity contribution >= 4 is 23.1 Å². The first-order valence-corrected chi connectivity index (χ1v) is 6.12. The molecule has 0 saturated heterocycles. The van der Waals surface area contributed by atoms with Crippen molar-refractivity contribution in [3.8, 4) is 0 Å². The third kappa shape index (κ3) is 4.16. The van der Waals surface area contributed by atoms with Gasteiger partial charge in [-0.3, -0.25) is 4.79 Å². The molecule has 0 aromatic rings. The van der Waals surface area contributed by atoms with E-state index in [1.54, 1.807) is 0 Å². The second-order valence-electron chi connectivity index (χ2n) is 4.32. The molecule has 0 radical (unpaired) electrons. The van der Waals surface area contributed by atoms with Gasteiger partial charge in [-0.2, -0.15) is 0 Å². The van der Waals surface area contributed by atoms with E-state index in [2.05, 4.69) is 5.32 Å². The van der Waals surface area contributed by atoms with Crippen molar-refractivity contribution in [2.24, 2.45) is 11.7 Å². The van der Waals surface area contributed by atoms with E-state index in [-0.39, 0.29) is 17.9 Å². The van der Waals surface area contributed by atoms with Gasteiger partial charge >= 0.3 is 0 Å². The summed E-state index contributed by atoms with van der Waals surface area (Å²) in [6, 6.07) is -0.184. The van der Waals surface area contributed by atoms with Crippen LogP contribution in [-0.2, 0) is 4.79 Å². The molecule has 0 spiro atoms. The van der Waals surface area contributed by atoms with Gasteiger partial charge in [0.05, 0.1) is 11.0 Å². The molecule has 1 rings (SSSR count). The molecule has 0 bridgehead atoms. The third-order valence-electron chi connectivity index (χ3n) is 3.01. The molecular formula is C11H20N2OS. The van der Waals surface area contributed by atoms with Gasteiger partial charge in [0.25, 0.3) is 0 Å². The molecule has 1 aliphatic carbocycles. The van der Waals surface area contributed by atoms with Crippen LogP contribution in [0.5, 0.6) is 0 Å². The maximum atomic E-state index is 11.8. The highest BCUT2D eigenvalue weighted by atomic mass is 32.1. The summed E-state index contributed by atoms with van der Waals surface area (Å²) in [5.41, 5.74) is 5.46. The molecule has 0 heterocycles. The Labute approximate surface area is 96.8 Å². The largest absolute Gasteiger partial charge is 0.392 e. The average molecular weight is 228 g/mol. The van der Waals surface area contributed by atoms with Crippen LogP contribution in [0.4, 0.5) is 0 Å². The smallest absolute Gasteiger partial charge is 0.223 e. The number of nitrogens with one attached hydrogen (secondary N) is 1. The summed E-state index contributed by atoms with van der Waals surface area (Å²) in [6.45, 7) is 1.83. The lowest BCUT2D eigenvalue weighted by atomic mass is 9.99. The summed E-state index contributed by atoms with van der Waals surface area (Å²) in [5, 5.41) is 2.87. The molecule has 1 unspecified atom stereocenters. The summed E-state index contributed by atoms with van der Waals surface area (Å²) >= 11 is 4.83. The van der Waals surface area contributed by atoms with Gasteiger partial charge in [-0.1, -0.05) is 37.9 Å². The fraction of sp³-hybridized carbons (Fsp3) is 0.818. The summed E-state index contributed by atoms with van der Waals surface area (Å²) in [5.74, 6) is 0.293. The fourth-order valence-corrected chi connectivity index (χ4v) is 2.00. The summed E-state index contributed by atoms with van der Waals surface area (Å²) in [6.07, 6.45) is 6.87. The van der Waals surface area contributed by atoms with Crippen molar-refractivity contribution in [2.75, 3.05) is 0 Å². The number of carbonyl (C=O) groups is 1. The predicted molar refractivity (Wildman–Crippen MR) is 65.6 cm³/mol. The van der Waals surface area contributed by atoms with E-state index in [0.717, 1.165) is 12.8 Å². The highest BCUT2D eigenvalue weighted by Gasteiger charge is 2.21. The van der Waals surface area contributed by atoms with Crippen molar-refractivity contribution in [1.29, 1.82) is 0 Å². The zero-order chi connectivity index (χ0) is 11.3. The number of nitrogens with two attached hydrogens (primary N) is 1. The second-order valence-corrected chi connectivity index (χ2v) is 4.79. The van der Waals surface area contributed by atoms with Crippen molar-refractivity contribution in [2.45, 2.75) is 51.5 Å². The van der Waals surface area contributed by atoms with Crippen molar-refractivity contribution in [3.05, 3.63) is 0 Å². The Kier molecular flexibility index (Phi) is 5.02. The molecule has 4 heteroatoms. The molecule has 1 atom stereocenters. The number of amides is 1. The Morgan fingerprint density at radius 2 is 1.87 bits per heavy atom. The molecule has 15 heavy (non-hydrogen) atoms. The lowest BCUT2D eigenvalue weighted by Gasteiger charge is -2.17. The number of carbonyl (C=O) groups excluding carboxylic acids is 1. The maximum absolute atomic E-state index is 11.8. The highest BCUT2D eigenvalue weighted by Crippen LogP contribution is 2.22. The molecule has 86 valence electrons. The first-order valence-electron chi connectivity index (χ1n) is 5.71. The van der Waals surface area contributed by atoms with Crippen LogP contribution in [-0.4, -0.2) is 16.9 Å². The van der Waals surface area contributed by atoms with Crippen LogP contribution in [0.3, 0.4) is 0 Å². The van der Waals surface area contributed by atoms with E-state index < -0.39 is 0 Å². The summed E-state index contributed by atoms with van der Waals surface area (Å²) < 4.78 is 0. The Bertz CT molecular complexity index is 235. The number of thiocarbonyl (C=S) groups is 1. The van der Waals surface area contributed by atoms with Gasteiger partial charge in [-0.05, 0) is 19.8 Å². The maximum Gasteiger partial charge on any atom is 0.223 e. The number of hydrogen-bond donors (Lipinski definition) is 2. The SMILES string of the molecule is CC(NC(=O)C1CCCCCC1)C(N)=S. The third-order valence-corrected chi connectivity index (χ3v) is 3.37. The minimum absolute atomic E-state index is 0.122. The normalized spacial score (nSPS) is 20.3. The second kappa shape index (κ2) is 6.05. The minimum Gasteiger partial charge on any atom is -0.392 e. The fourth-order valence-electron chi connectivity index (χ4n) is 1.94. The minimum atomic E-state index is -0.184. The molecule has 1 aliphatic rings. The van der Waals surface area contributed by atoms with Gasteiger partial charge in [-0.15, -0.1) is 0 Å². The monoisotopic (exact) mass is 228 g/mol. The Morgan fingerprint density at radius 3 is 2.33 bits per heavy atom. The van der Waals surface area contributed by atoms with Crippen LogP contribution < -0.4 is 11.1 Å². The first kappa shape index (κ1) is 12.4. The molecule has 3 N–H and O–H groups in total. The van der Waals surface area contributed by atoms with E-state index in [1.165, 1.54) is 25.7 Å². The lowest BCUT2D eigenvalue weighted by molar-refractivity contribution is -0.125. The van der Waals surface area contributed by atoms with Gasteiger partial charge in [0.15, 0.2) is 0 Å². The van der Waals surface area contributed by atoms with Crippen LogP contribution in [0.15, 0.2) is 0 Å².